The Balaban J connectivity index is 3.15. The zero-order valence-corrected chi connectivity index (χ0v) is 9.57. The molecule has 0 aromatic rings. The van der Waals surface area contributed by atoms with Gasteiger partial charge in [0.25, 0.3) is 5.91 Å². The van der Waals surface area contributed by atoms with Gasteiger partial charge in [0, 0.05) is 6.54 Å². The lowest BCUT2D eigenvalue weighted by Gasteiger charge is -2.08. The molecule has 5 nitrogen and oxygen atoms in total. The van der Waals surface area contributed by atoms with Gasteiger partial charge in [-0.2, -0.15) is 0 Å². The normalized spacial score (nSPS) is 11.1. The fourth-order valence-electron chi connectivity index (χ4n) is 1.22. The van der Waals surface area contributed by atoms with E-state index in [4.69, 9.17) is 5.21 Å². The molecule has 0 aromatic heterocycles. The van der Waals surface area contributed by atoms with Gasteiger partial charge in [-0.05, 0) is 33.5 Å². The Bertz CT molecular complexity index is 193. The summed E-state index contributed by atoms with van der Waals surface area (Å²) in [6.45, 7) is 1.76. The van der Waals surface area contributed by atoms with Crippen molar-refractivity contribution in [2.75, 3.05) is 27.2 Å². The molecule has 0 radical (unpaired) electrons. The first kappa shape index (κ1) is 13.9. The summed E-state index contributed by atoms with van der Waals surface area (Å²) in [5.41, 5.74) is 0. The van der Waals surface area contributed by atoms with Crippen molar-refractivity contribution in [3.8, 4) is 0 Å². The zero-order chi connectivity index (χ0) is 11.5. The van der Waals surface area contributed by atoms with Gasteiger partial charge >= 0.3 is 0 Å². The summed E-state index contributed by atoms with van der Waals surface area (Å²) in [6, 6.07) is 0. The minimum absolute atomic E-state index is 0.342. The molecule has 0 aliphatic heterocycles. The molecule has 0 aromatic carbocycles. The van der Waals surface area contributed by atoms with Crippen LogP contribution in [-0.2, 0) is 4.79 Å². The number of carbonyl (C=O) groups is 1. The summed E-state index contributed by atoms with van der Waals surface area (Å²) >= 11 is 0. The summed E-state index contributed by atoms with van der Waals surface area (Å²) in [5, 5.41) is 13.3. The number of carbonyl (C=O) groups excluding carboxylic acids is 1. The van der Waals surface area contributed by atoms with Crippen molar-refractivity contribution in [2.45, 2.75) is 25.7 Å². The molecule has 5 heteroatoms. The Hall–Kier alpha value is -1.10. The van der Waals surface area contributed by atoms with Crippen LogP contribution in [0, 0.1) is 0 Å². The van der Waals surface area contributed by atoms with Crippen LogP contribution in [0.4, 0.5) is 0 Å². The lowest BCUT2D eigenvalue weighted by atomic mass is 10.2. The lowest BCUT2D eigenvalue weighted by molar-refractivity contribution is -0.114. The second kappa shape index (κ2) is 9.45. The smallest absolute Gasteiger partial charge is 0.265 e. The van der Waals surface area contributed by atoms with Gasteiger partial charge in [0.15, 0.2) is 0 Å². The van der Waals surface area contributed by atoms with E-state index in [-0.39, 0.29) is 5.91 Å². The molecule has 0 aliphatic carbocycles. The van der Waals surface area contributed by atoms with Gasteiger partial charge < -0.3 is 15.4 Å². The fourth-order valence-corrected chi connectivity index (χ4v) is 1.22. The van der Waals surface area contributed by atoms with Crippen LogP contribution in [0.2, 0.25) is 0 Å². The summed E-state index contributed by atoms with van der Waals surface area (Å²) in [5.74, 6) is -0.342. The zero-order valence-electron chi connectivity index (χ0n) is 9.57. The van der Waals surface area contributed by atoms with E-state index in [9.17, 15) is 4.79 Å². The molecule has 0 spiro atoms. The Morgan fingerprint density at radius 3 is 2.60 bits per heavy atom. The van der Waals surface area contributed by atoms with Crippen molar-refractivity contribution in [3.63, 3.8) is 0 Å². The van der Waals surface area contributed by atoms with E-state index < -0.39 is 0 Å². The molecule has 1 amide bonds. The van der Waals surface area contributed by atoms with Gasteiger partial charge in [-0.25, -0.2) is 0 Å². The van der Waals surface area contributed by atoms with E-state index in [0.29, 0.717) is 6.54 Å². The number of oxime groups is 1. The summed E-state index contributed by atoms with van der Waals surface area (Å²) < 4.78 is 0. The molecule has 2 N–H and O–H groups in total. The van der Waals surface area contributed by atoms with Gasteiger partial charge in [0.05, 0.1) is 0 Å². The van der Waals surface area contributed by atoms with E-state index in [1.54, 1.807) is 0 Å². The quantitative estimate of drug-likeness (QED) is 0.271. The Kier molecular flexibility index (Phi) is 8.76. The Morgan fingerprint density at radius 2 is 2.00 bits per heavy atom. The predicted molar refractivity (Wildman–Crippen MR) is 60.3 cm³/mol. The number of rotatable bonds is 8. The minimum atomic E-state index is -0.342. The summed E-state index contributed by atoms with van der Waals surface area (Å²) in [6.07, 6.45) is 5.33. The van der Waals surface area contributed by atoms with E-state index in [1.165, 1.54) is 12.8 Å². The second-order valence-electron chi connectivity index (χ2n) is 3.75. The van der Waals surface area contributed by atoms with Crippen LogP contribution in [-0.4, -0.2) is 49.4 Å². The highest BCUT2D eigenvalue weighted by Gasteiger charge is 1.95. The van der Waals surface area contributed by atoms with Crippen molar-refractivity contribution >= 4 is 12.1 Å². The van der Waals surface area contributed by atoms with Crippen LogP contribution >= 0.6 is 0 Å². The van der Waals surface area contributed by atoms with Gasteiger partial charge in [-0.15, -0.1) is 0 Å². The highest BCUT2D eigenvalue weighted by atomic mass is 16.4. The van der Waals surface area contributed by atoms with Gasteiger partial charge in [0.2, 0.25) is 0 Å². The van der Waals surface area contributed by atoms with Crippen molar-refractivity contribution in [1.29, 1.82) is 0 Å². The lowest BCUT2D eigenvalue weighted by Crippen LogP contribution is -2.25. The molecule has 0 bridgehead atoms. The minimum Gasteiger partial charge on any atom is -0.411 e. The van der Waals surface area contributed by atoms with Crippen LogP contribution in [0.1, 0.15) is 25.7 Å². The molecular formula is C10H21N3O2. The SMILES string of the molecule is CN(C)CCCCCCNC(=O)/C=N/O. The van der Waals surface area contributed by atoms with E-state index in [2.05, 4.69) is 29.5 Å². The fraction of sp³-hybridized carbons (Fsp3) is 0.800. The molecule has 0 heterocycles. The average molecular weight is 215 g/mol. The van der Waals surface area contributed by atoms with Crippen LogP contribution in [0.15, 0.2) is 5.16 Å². The molecule has 15 heavy (non-hydrogen) atoms. The maximum absolute atomic E-state index is 10.8. The Morgan fingerprint density at radius 1 is 1.33 bits per heavy atom. The first-order chi connectivity index (χ1) is 7.16. The molecule has 0 fully saturated rings. The van der Waals surface area contributed by atoms with Gasteiger partial charge in [-0.3, -0.25) is 4.79 Å². The molecule has 0 atom stereocenters. The number of hydrogen-bond donors (Lipinski definition) is 2. The van der Waals surface area contributed by atoms with E-state index in [1.807, 2.05) is 0 Å². The van der Waals surface area contributed by atoms with E-state index in [0.717, 1.165) is 25.6 Å². The van der Waals surface area contributed by atoms with Gasteiger partial charge in [0.1, 0.15) is 6.21 Å². The number of nitrogens with one attached hydrogen (secondary N) is 1. The molecule has 0 rings (SSSR count). The number of unbranched alkanes of at least 4 members (excludes halogenated alkanes) is 3. The topological polar surface area (TPSA) is 64.9 Å². The molecule has 0 unspecified atom stereocenters. The number of nitrogens with zero attached hydrogens (tertiary/aromatic N) is 2. The monoisotopic (exact) mass is 215 g/mol. The van der Waals surface area contributed by atoms with Gasteiger partial charge in [-0.1, -0.05) is 18.0 Å². The van der Waals surface area contributed by atoms with Crippen LogP contribution in [0.3, 0.4) is 0 Å². The molecular weight excluding hydrogens is 194 g/mol. The third-order valence-electron chi connectivity index (χ3n) is 2.01. The third kappa shape index (κ3) is 10.8. The van der Waals surface area contributed by atoms with Crippen molar-refractivity contribution in [2.24, 2.45) is 5.16 Å². The van der Waals surface area contributed by atoms with Crippen molar-refractivity contribution < 1.29 is 10.0 Å². The highest BCUT2D eigenvalue weighted by molar-refractivity contribution is 6.25. The summed E-state index contributed by atoms with van der Waals surface area (Å²) in [4.78, 5) is 13.0. The maximum atomic E-state index is 10.8. The van der Waals surface area contributed by atoms with Crippen LogP contribution < -0.4 is 5.32 Å². The first-order valence-electron chi connectivity index (χ1n) is 5.27. The molecule has 0 saturated carbocycles. The standard InChI is InChI=1S/C10H21N3O2/c1-13(2)8-6-4-3-5-7-11-10(14)9-12-15/h9,15H,3-8H2,1-2H3,(H,11,14)/b12-9+. The molecule has 88 valence electrons. The number of amides is 1. The van der Waals surface area contributed by atoms with Crippen molar-refractivity contribution in [1.82, 2.24) is 10.2 Å². The second-order valence-corrected chi connectivity index (χ2v) is 3.75. The summed E-state index contributed by atoms with van der Waals surface area (Å²) in [7, 11) is 4.13. The predicted octanol–water partition coefficient (Wildman–Crippen LogP) is 0.685. The van der Waals surface area contributed by atoms with Crippen molar-refractivity contribution in [3.05, 3.63) is 0 Å². The third-order valence-corrected chi connectivity index (χ3v) is 2.01. The Labute approximate surface area is 91.1 Å². The molecule has 0 aliphatic rings. The molecule has 0 saturated heterocycles. The van der Waals surface area contributed by atoms with E-state index >= 15 is 0 Å². The average Bonchev–Trinajstić information content (AvgIpc) is 2.16. The van der Waals surface area contributed by atoms with Crippen LogP contribution in [0.25, 0.3) is 0 Å². The maximum Gasteiger partial charge on any atom is 0.265 e. The number of hydrogen-bond acceptors (Lipinski definition) is 4. The highest BCUT2D eigenvalue weighted by Crippen LogP contribution is 1.99. The largest absolute Gasteiger partial charge is 0.411 e. The first-order valence-corrected chi connectivity index (χ1v) is 5.27. The van der Waals surface area contributed by atoms with Crippen LogP contribution in [0.5, 0.6) is 0 Å².